The molecular formula is C16H19N3O5S. The van der Waals surface area contributed by atoms with Crippen molar-refractivity contribution in [3.63, 3.8) is 0 Å². The van der Waals surface area contributed by atoms with Gasteiger partial charge >= 0.3 is 5.97 Å². The van der Waals surface area contributed by atoms with Crippen LogP contribution in [0, 0.1) is 5.41 Å². The summed E-state index contributed by atoms with van der Waals surface area (Å²) in [5.74, 6) is -1.20. The normalized spacial score (nSPS) is 16.6. The summed E-state index contributed by atoms with van der Waals surface area (Å²) >= 11 is 1.39. The van der Waals surface area contributed by atoms with Crippen LogP contribution in [0.3, 0.4) is 0 Å². The first-order chi connectivity index (χ1) is 12.0. The van der Waals surface area contributed by atoms with Crippen LogP contribution < -0.4 is 10.9 Å². The molecule has 8 nitrogen and oxygen atoms in total. The van der Waals surface area contributed by atoms with Crippen molar-refractivity contribution in [1.82, 2.24) is 14.9 Å². The number of aromatic nitrogens is 2. The predicted octanol–water partition coefficient (Wildman–Crippen LogP) is 0.846. The van der Waals surface area contributed by atoms with E-state index in [-0.39, 0.29) is 31.0 Å². The lowest BCUT2D eigenvalue weighted by Gasteiger charge is -2.33. The second kappa shape index (κ2) is 7.32. The Morgan fingerprint density at radius 1 is 1.40 bits per heavy atom. The van der Waals surface area contributed by atoms with Gasteiger partial charge in [0, 0.05) is 32.7 Å². The van der Waals surface area contributed by atoms with E-state index < -0.39 is 11.4 Å². The Morgan fingerprint density at radius 2 is 2.16 bits per heavy atom. The number of aryl methyl sites for hydroxylation is 1. The zero-order valence-corrected chi connectivity index (χ0v) is 14.4. The van der Waals surface area contributed by atoms with Crippen LogP contribution in [-0.4, -0.2) is 46.3 Å². The molecule has 1 aliphatic heterocycles. The number of carboxylic acids is 1. The average Bonchev–Trinajstić information content (AvgIpc) is 3.09. The Bertz CT molecular complexity index is 838. The molecule has 2 aromatic heterocycles. The first kappa shape index (κ1) is 17.6. The van der Waals surface area contributed by atoms with Gasteiger partial charge < -0.3 is 15.2 Å². The lowest BCUT2D eigenvalue weighted by atomic mass is 9.80. The second-order valence-electron chi connectivity index (χ2n) is 6.11. The molecule has 0 unspecified atom stereocenters. The van der Waals surface area contributed by atoms with Crippen molar-refractivity contribution in [2.45, 2.75) is 25.8 Å². The first-order valence-electron chi connectivity index (χ1n) is 8.02. The molecular weight excluding hydrogens is 346 g/mol. The first-order valence-corrected chi connectivity index (χ1v) is 8.90. The number of rotatable bonds is 6. The molecule has 3 rings (SSSR count). The maximum Gasteiger partial charge on any atom is 0.311 e. The molecule has 25 heavy (non-hydrogen) atoms. The van der Waals surface area contributed by atoms with Gasteiger partial charge in [-0.05, 0) is 24.3 Å². The number of fused-ring (bicyclic) bond motifs is 1. The fraction of sp³-hybridized carbons (Fsp3) is 0.500. The van der Waals surface area contributed by atoms with Gasteiger partial charge in [0.15, 0.2) is 0 Å². The van der Waals surface area contributed by atoms with Crippen molar-refractivity contribution in [2.24, 2.45) is 5.41 Å². The lowest BCUT2D eigenvalue weighted by molar-refractivity contribution is -0.154. The number of hydrogen-bond acceptors (Lipinski definition) is 6. The molecule has 3 heterocycles. The third-order valence-corrected chi connectivity index (χ3v) is 5.38. The van der Waals surface area contributed by atoms with Crippen LogP contribution in [0.2, 0.25) is 0 Å². The van der Waals surface area contributed by atoms with Gasteiger partial charge in [0.2, 0.25) is 5.91 Å². The highest BCUT2D eigenvalue weighted by atomic mass is 32.1. The number of nitrogens with one attached hydrogen (secondary N) is 1. The molecule has 0 spiro atoms. The average molecular weight is 365 g/mol. The van der Waals surface area contributed by atoms with Crippen molar-refractivity contribution in [3.8, 4) is 0 Å². The minimum absolute atomic E-state index is 0.0707. The maximum absolute atomic E-state index is 12.3. The van der Waals surface area contributed by atoms with Gasteiger partial charge in [-0.1, -0.05) is 0 Å². The van der Waals surface area contributed by atoms with Crippen LogP contribution in [-0.2, 0) is 20.9 Å². The number of hydrogen-bond donors (Lipinski definition) is 2. The van der Waals surface area contributed by atoms with Gasteiger partial charge in [0.05, 0.1) is 17.1 Å². The molecule has 1 saturated heterocycles. The third-order valence-electron chi connectivity index (χ3n) is 4.56. The predicted molar refractivity (Wildman–Crippen MR) is 91.6 cm³/mol. The SMILES string of the molecule is O=C(CCn1cnc2sccc2c1=O)NCC1(C(=O)O)CCOCC1. The minimum atomic E-state index is -0.970. The molecule has 134 valence electrons. The Labute approximate surface area is 147 Å². The van der Waals surface area contributed by atoms with Gasteiger partial charge in [-0.25, -0.2) is 4.98 Å². The Hall–Kier alpha value is -2.26. The molecule has 0 radical (unpaired) electrons. The number of carbonyl (C=O) groups is 2. The van der Waals surface area contributed by atoms with Crippen molar-refractivity contribution >= 4 is 33.4 Å². The second-order valence-corrected chi connectivity index (χ2v) is 7.00. The number of carbonyl (C=O) groups excluding carboxylic acids is 1. The van der Waals surface area contributed by atoms with Crippen molar-refractivity contribution in [1.29, 1.82) is 0 Å². The fourth-order valence-corrected chi connectivity index (χ4v) is 3.58. The van der Waals surface area contributed by atoms with Crippen LogP contribution in [0.4, 0.5) is 0 Å². The number of amides is 1. The van der Waals surface area contributed by atoms with E-state index in [1.165, 1.54) is 22.2 Å². The van der Waals surface area contributed by atoms with E-state index >= 15 is 0 Å². The largest absolute Gasteiger partial charge is 0.481 e. The molecule has 0 bridgehead atoms. The molecule has 1 aliphatic rings. The summed E-state index contributed by atoms with van der Waals surface area (Å²) < 4.78 is 6.61. The van der Waals surface area contributed by atoms with Gasteiger partial charge in [0.1, 0.15) is 4.83 Å². The van der Waals surface area contributed by atoms with E-state index in [4.69, 9.17) is 4.74 Å². The maximum atomic E-state index is 12.3. The zero-order valence-electron chi connectivity index (χ0n) is 13.6. The fourth-order valence-electron chi connectivity index (χ4n) is 2.86. The van der Waals surface area contributed by atoms with Crippen molar-refractivity contribution < 1.29 is 19.4 Å². The number of aliphatic carboxylic acids is 1. The standard InChI is InChI=1S/C16H19N3O5S/c20-12(17-9-16(15(22)23)3-6-24-7-4-16)1-5-19-10-18-13-11(14(19)21)2-8-25-13/h2,8,10H,1,3-7,9H2,(H,17,20)(H,22,23). The van der Waals surface area contributed by atoms with Crippen molar-refractivity contribution in [3.05, 3.63) is 28.1 Å². The van der Waals surface area contributed by atoms with Crippen LogP contribution in [0.1, 0.15) is 19.3 Å². The minimum Gasteiger partial charge on any atom is -0.481 e. The summed E-state index contributed by atoms with van der Waals surface area (Å²) in [6.07, 6.45) is 2.27. The van der Waals surface area contributed by atoms with Gasteiger partial charge in [0.25, 0.3) is 5.56 Å². The summed E-state index contributed by atoms with van der Waals surface area (Å²) in [7, 11) is 0. The number of thiophene rings is 1. The third kappa shape index (κ3) is 3.72. The van der Waals surface area contributed by atoms with Crippen LogP contribution in [0.25, 0.3) is 10.2 Å². The quantitative estimate of drug-likeness (QED) is 0.785. The molecule has 0 aliphatic carbocycles. The topological polar surface area (TPSA) is 111 Å². The summed E-state index contributed by atoms with van der Waals surface area (Å²) in [4.78, 5) is 40.8. The van der Waals surface area contributed by atoms with Gasteiger partial charge in [-0.15, -0.1) is 11.3 Å². The summed E-state index contributed by atoms with van der Waals surface area (Å²) in [5.41, 5.74) is -1.15. The Kier molecular flexibility index (Phi) is 5.14. The summed E-state index contributed by atoms with van der Waals surface area (Å²) in [6.45, 7) is 1.03. The van der Waals surface area contributed by atoms with E-state index in [2.05, 4.69) is 10.3 Å². The van der Waals surface area contributed by atoms with E-state index in [0.717, 1.165) is 0 Å². The lowest BCUT2D eigenvalue weighted by Crippen LogP contribution is -2.46. The summed E-state index contributed by atoms with van der Waals surface area (Å²) in [5, 5.41) is 14.5. The highest BCUT2D eigenvalue weighted by molar-refractivity contribution is 7.16. The van der Waals surface area contributed by atoms with E-state index in [1.54, 1.807) is 11.4 Å². The van der Waals surface area contributed by atoms with E-state index in [9.17, 15) is 19.5 Å². The van der Waals surface area contributed by atoms with E-state index in [0.29, 0.717) is 36.3 Å². The Morgan fingerprint density at radius 3 is 2.88 bits per heavy atom. The number of nitrogens with zero attached hydrogens (tertiary/aromatic N) is 2. The molecule has 0 atom stereocenters. The number of carboxylic acid groups (broad SMARTS) is 1. The molecule has 0 aromatic carbocycles. The number of ether oxygens (including phenoxy) is 1. The molecule has 1 fully saturated rings. The Balaban J connectivity index is 1.58. The highest BCUT2D eigenvalue weighted by Crippen LogP contribution is 2.30. The van der Waals surface area contributed by atoms with Gasteiger partial charge in [-0.2, -0.15) is 0 Å². The smallest absolute Gasteiger partial charge is 0.311 e. The van der Waals surface area contributed by atoms with Crippen LogP contribution in [0.15, 0.2) is 22.6 Å². The molecule has 9 heteroatoms. The van der Waals surface area contributed by atoms with Gasteiger partial charge in [-0.3, -0.25) is 19.0 Å². The highest BCUT2D eigenvalue weighted by Gasteiger charge is 2.40. The summed E-state index contributed by atoms with van der Waals surface area (Å²) in [6, 6.07) is 1.72. The van der Waals surface area contributed by atoms with Crippen molar-refractivity contribution in [2.75, 3.05) is 19.8 Å². The monoisotopic (exact) mass is 365 g/mol. The molecule has 2 N–H and O–H groups in total. The van der Waals surface area contributed by atoms with Crippen LogP contribution in [0.5, 0.6) is 0 Å². The molecule has 0 saturated carbocycles. The molecule has 1 amide bonds. The van der Waals surface area contributed by atoms with Crippen LogP contribution >= 0.6 is 11.3 Å². The van der Waals surface area contributed by atoms with E-state index in [1.807, 2.05) is 0 Å². The zero-order chi connectivity index (χ0) is 17.9. The molecule has 2 aromatic rings.